The number of carbonyl (C=O) groups is 1. The second-order valence-electron chi connectivity index (χ2n) is 6.87. The Labute approximate surface area is 186 Å². The minimum Gasteiger partial charge on any atom is -0.463 e. The van der Waals surface area contributed by atoms with E-state index in [2.05, 4.69) is 37.6 Å². The van der Waals surface area contributed by atoms with E-state index in [0.29, 0.717) is 0 Å². The van der Waals surface area contributed by atoms with Gasteiger partial charge in [-0.3, -0.25) is 4.79 Å². The van der Waals surface area contributed by atoms with E-state index in [-0.39, 0.29) is 30.3 Å². The van der Waals surface area contributed by atoms with E-state index in [4.69, 9.17) is 21.0 Å². The highest BCUT2D eigenvalue weighted by molar-refractivity contribution is 6.02. The molecule has 174 valence electrons. The Hall–Kier alpha value is -3.89. The number of alkyl halides is 1. The Kier molecular flexibility index (Phi) is 7.31. The van der Waals surface area contributed by atoms with Crippen molar-refractivity contribution in [1.82, 2.24) is 15.4 Å². The van der Waals surface area contributed by atoms with Crippen molar-refractivity contribution in [3.05, 3.63) is 47.4 Å². The number of aromatic nitrogens is 2. The number of amidine groups is 1. The molecule has 1 amide bonds. The molecular weight excluding hydrogens is 443 g/mol. The van der Waals surface area contributed by atoms with Crippen molar-refractivity contribution >= 4 is 17.6 Å². The second-order valence-corrected chi connectivity index (χ2v) is 6.87. The zero-order valence-corrected chi connectivity index (χ0v) is 17.4. The van der Waals surface area contributed by atoms with Crippen LogP contribution in [0.25, 0.3) is 0 Å². The number of nitrogens with one attached hydrogen (secondary N) is 2. The first-order valence-electron chi connectivity index (χ1n) is 9.52. The molecule has 6 N–H and O–H groups in total. The van der Waals surface area contributed by atoms with Crippen molar-refractivity contribution in [3.8, 4) is 17.7 Å². The molecule has 1 aromatic heterocycles. The normalized spacial score (nSPS) is 19.9. The predicted octanol–water partition coefficient (Wildman–Crippen LogP) is 1.10. The predicted molar refractivity (Wildman–Crippen MR) is 111 cm³/mol. The molecule has 0 saturated carbocycles. The zero-order chi connectivity index (χ0) is 24.0. The van der Waals surface area contributed by atoms with E-state index >= 15 is 0 Å². The number of ether oxygens (including phenoxy) is 1. The molecule has 13 heteroatoms. The number of halogens is 3. The first-order valence-corrected chi connectivity index (χ1v) is 9.52. The molecule has 0 spiro atoms. The van der Waals surface area contributed by atoms with Crippen LogP contribution in [0.15, 0.2) is 29.5 Å². The first-order chi connectivity index (χ1) is 15.8. The van der Waals surface area contributed by atoms with Crippen LogP contribution in [-0.4, -0.2) is 41.3 Å². The number of rotatable bonds is 6. The van der Waals surface area contributed by atoms with Crippen LogP contribution in [0.3, 0.4) is 0 Å². The molecule has 0 radical (unpaired) electrons. The van der Waals surface area contributed by atoms with Gasteiger partial charge in [-0.15, -0.1) is 11.4 Å². The molecule has 0 aliphatic carbocycles. The number of benzene rings is 1. The smallest absolute Gasteiger partial charge is 0.303 e. The second kappa shape index (κ2) is 10.2. The number of hydrogen-bond acceptors (Lipinski definition) is 9. The summed E-state index contributed by atoms with van der Waals surface area (Å²) in [5, 5.41) is 2.37. The van der Waals surface area contributed by atoms with Gasteiger partial charge in [0.25, 0.3) is 5.91 Å². The van der Waals surface area contributed by atoms with Gasteiger partial charge in [-0.1, -0.05) is 5.92 Å². The first kappa shape index (κ1) is 23.8. The number of nitrogens with zero attached hydrogens (tertiary/aromatic N) is 3. The number of hydroxylamine groups is 1. The number of anilines is 1. The van der Waals surface area contributed by atoms with Crippen LogP contribution in [0, 0.1) is 23.5 Å². The van der Waals surface area contributed by atoms with Crippen molar-refractivity contribution in [2.24, 2.45) is 16.5 Å². The third-order valence-electron chi connectivity index (χ3n) is 4.53. The van der Waals surface area contributed by atoms with E-state index in [9.17, 15) is 18.0 Å². The van der Waals surface area contributed by atoms with Crippen LogP contribution in [-0.2, 0) is 10.4 Å². The fourth-order valence-corrected chi connectivity index (χ4v) is 3.03. The van der Waals surface area contributed by atoms with E-state index in [0.717, 1.165) is 18.3 Å². The maximum absolute atomic E-state index is 14.7. The number of hydrogen-bond donors (Lipinski definition) is 4. The zero-order valence-electron chi connectivity index (χ0n) is 17.4. The molecule has 2 heterocycles. The van der Waals surface area contributed by atoms with Gasteiger partial charge in [0.05, 0.1) is 18.6 Å². The van der Waals surface area contributed by atoms with Gasteiger partial charge >= 0.3 is 6.02 Å². The highest BCUT2D eigenvalue weighted by atomic mass is 19.2. The molecule has 1 aliphatic rings. The van der Waals surface area contributed by atoms with Gasteiger partial charge in [0.2, 0.25) is 5.88 Å². The molecular formula is C20H20F3N7O3. The lowest BCUT2D eigenvalue weighted by molar-refractivity contribution is 0.102. The lowest BCUT2D eigenvalue weighted by Gasteiger charge is -2.28. The van der Waals surface area contributed by atoms with E-state index in [1.165, 1.54) is 6.20 Å². The summed E-state index contributed by atoms with van der Waals surface area (Å²) in [5.41, 5.74) is 10.8. The fourth-order valence-electron chi connectivity index (χ4n) is 3.03. The van der Waals surface area contributed by atoms with Crippen LogP contribution < -0.4 is 27.0 Å². The van der Waals surface area contributed by atoms with Crippen LogP contribution in [0.2, 0.25) is 0 Å². The van der Waals surface area contributed by atoms with Crippen molar-refractivity contribution in [2.45, 2.75) is 25.0 Å². The standard InChI is InChI=1S/C20H20F3N7O3/c1-2-3-4-32-16-9-26-14(8-27-16)18(31)28-11-5-12(17(23)13(22)6-11)20(10-21)7-15(24)30-33-19(25)29-20/h5-6,8-9,15,30H,4,7,10,24H2,1H3,(H2,25,29)(H,28,31)/t15-,20+/m1/s1. The lowest BCUT2D eigenvalue weighted by atomic mass is 9.86. The summed E-state index contributed by atoms with van der Waals surface area (Å²) in [6.07, 6.45) is 1.03. The topological polar surface area (TPSA) is 150 Å². The number of carbonyl (C=O) groups excluding carboxylic acids is 1. The van der Waals surface area contributed by atoms with Gasteiger partial charge in [0.1, 0.15) is 17.9 Å². The molecule has 33 heavy (non-hydrogen) atoms. The number of amides is 1. The molecule has 10 nitrogen and oxygen atoms in total. The molecule has 3 rings (SSSR count). The highest BCUT2D eigenvalue weighted by Crippen LogP contribution is 2.36. The average molecular weight is 463 g/mol. The SMILES string of the molecule is CC#CCOc1cnc(C(=O)Nc2cc(F)c(F)c([C@@]3(CF)C[C@H](N)NOC(N)=N3)c2)cn1. The summed E-state index contributed by atoms with van der Waals surface area (Å²) in [6.45, 7) is 0.481. The maximum atomic E-state index is 14.7. The summed E-state index contributed by atoms with van der Waals surface area (Å²) >= 11 is 0. The minimum absolute atomic E-state index is 0.0991. The molecule has 0 unspecified atom stereocenters. The largest absolute Gasteiger partial charge is 0.463 e. The van der Waals surface area contributed by atoms with Crippen molar-refractivity contribution in [2.75, 3.05) is 18.6 Å². The molecule has 0 bridgehead atoms. The third-order valence-corrected chi connectivity index (χ3v) is 4.53. The van der Waals surface area contributed by atoms with Gasteiger partial charge in [0.15, 0.2) is 18.2 Å². The summed E-state index contributed by atoms with van der Waals surface area (Å²) < 4.78 is 48.5. The summed E-state index contributed by atoms with van der Waals surface area (Å²) in [4.78, 5) is 29.0. The van der Waals surface area contributed by atoms with Crippen molar-refractivity contribution in [3.63, 3.8) is 0 Å². The van der Waals surface area contributed by atoms with Gasteiger partial charge in [-0.05, 0) is 13.0 Å². The van der Waals surface area contributed by atoms with Gasteiger partial charge in [0, 0.05) is 23.7 Å². The summed E-state index contributed by atoms with van der Waals surface area (Å²) in [6, 6.07) is 1.26. The monoisotopic (exact) mass is 463 g/mol. The molecule has 1 aromatic carbocycles. The van der Waals surface area contributed by atoms with E-state index in [1.54, 1.807) is 6.92 Å². The Balaban J connectivity index is 1.88. The van der Waals surface area contributed by atoms with Crippen LogP contribution >= 0.6 is 0 Å². The average Bonchev–Trinajstić information content (AvgIpc) is 2.95. The quantitative estimate of drug-likeness (QED) is 0.465. The molecule has 1 aliphatic heterocycles. The summed E-state index contributed by atoms with van der Waals surface area (Å²) in [7, 11) is 0. The summed E-state index contributed by atoms with van der Waals surface area (Å²) in [5.74, 6) is 1.98. The molecule has 2 aromatic rings. The highest BCUT2D eigenvalue weighted by Gasteiger charge is 2.40. The Morgan fingerprint density at radius 2 is 2.18 bits per heavy atom. The van der Waals surface area contributed by atoms with E-state index in [1.807, 2.05) is 0 Å². The Morgan fingerprint density at radius 3 is 2.85 bits per heavy atom. The molecule has 0 saturated heterocycles. The number of nitrogens with two attached hydrogens (primary N) is 2. The Morgan fingerprint density at radius 1 is 1.39 bits per heavy atom. The molecule has 2 atom stereocenters. The Bertz CT molecular complexity index is 1120. The van der Waals surface area contributed by atoms with Gasteiger partial charge < -0.3 is 26.4 Å². The van der Waals surface area contributed by atoms with E-state index < -0.39 is 47.5 Å². The van der Waals surface area contributed by atoms with Crippen molar-refractivity contribution < 1.29 is 27.5 Å². The maximum Gasteiger partial charge on any atom is 0.303 e. The van der Waals surface area contributed by atoms with Crippen LogP contribution in [0.1, 0.15) is 29.4 Å². The number of aliphatic imine (C=N–C) groups is 1. The molecule has 0 fully saturated rings. The van der Waals surface area contributed by atoms with Gasteiger partial charge in [-0.25, -0.2) is 28.1 Å². The van der Waals surface area contributed by atoms with Crippen LogP contribution in [0.4, 0.5) is 18.9 Å². The third kappa shape index (κ3) is 5.48. The van der Waals surface area contributed by atoms with Crippen LogP contribution in [0.5, 0.6) is 5.88 Å². The van der Waals surface area contributed by atoms with Gasteiger partial charge in [-0.2, -0.15) is 0 Å². The lowest BCUT2D eigenvalue weighted by Crippen LogP contribution is -2.42. The minimum atomic E-state index is -1.99. The van der Waals surface area contributed by atoms with Crippen molar-refractivity contribution in [1.29, 1.82) is 0 Å². The fraction of sp³-hybridized carbons (Fsp3) is 0.300.